The average Bonchev–Trinajstić information content (AvgIpc) is 3.98. The molecule has 0 bridgehead atoms. The van der Waals surface area contributed by atoms with E-state index in [-0.39, 0.29) is 63.0 Å². The number of amides is 4. The molecule has 21 nitrogen and oxygen atoms in total. The smallest absolute Gasteiger partial charge is 0.411 e. The predicted octanol–water partition coefficient (Wildman–Crippen LogP) is 8.10. The van der Waals surface area contributed by atoms with Gasteiger partial charge in [0.25, 0.3) is 0 Å². The molecule has 29 heteroatoms. The van der Waals surface area contributed by atoms with Crippen LogP contribution in [0.5, 0.6) is 0 Å². The molecule has 0 aromatic carbocycles. The minimum Gasteiger partial charge on any atom is -0.480 e. The molecule has 402 valence electrons. The number of hydrogen-bond donors (Lipinski definition) is 5. The number of nitrogens with one attached hydrogen (secondary N) is 3. The highest BCUT2D eigenvalue weighted by Gasteiger charge is 2.43. The van der Waals surface area contributed by atoms with Gasteiger partial charge in [0.15, 0.2) is 11.6 Å². The normalized spacial score (nSPS) is 19.8. The van der Waals surface area contributed by atoms with E-state index in [1.165, 1.54) is 31.0 Å². The Bertz CT molecular complexity index is 2290. The highest BCUT2D eigenvalue weighted by Crippen LogP contribution is 2.26. The SMILES string of the molecule is CC(C)(C)OC(=O)N1C[C@H](F)C[C@H]1C(=O)Nc1cncc(Br)n1.CC(C)(C)OC(=O)N1C[C@H](F)C[C@H]1C(=O)O.CC(C)=C(Cl)N(C)C.Cl.Nc1cncc(Br)n1.O=C(Nc1cncc(Br)n1)[C@@H]1C[C@@H](F)CN1. The van der Waals surface area contributed by atoms with E-state index in [0.29, 0.717) is 25.4 Å². The van der Waals surface area contributed by atoms with Gasteiger partial charge in [0.1, 0.15) is 66.6 Å². The monoisotopic (exact) mass is 1250 g/mol. The van der Waals surface area contributed by atoms with Gasteiger partial charge in [0, 0.05) is 39.9 Å². The zero-order valence-corrected chi connectivity index (χ0v) is 47.5. The Morgan fingerprint density at radius 3 is 1.47 bits per heavy atom. The second-order valence-corrected chi connectivity index (χ2v) is 20.8. The lowest BCUT2D eigenvalue weighted by Crippen LogP contribution is -2.45. The molecule has 3 fully saturated rings. The standard InChI is InChI=1S/C14H18BrFN4O3.C10H16FNO4.C9H10BrFN4O.C6H12ClN.C4H4BrN3.ClH/c1-14(2,3)23-13(22)20-7-8(16)4-9(20)12(21)19-11-6-17-5-10(15)18-11;1-10(2,3)16-9(15)12-5-6(11)4-7(12)8(13)14;10-7-3-12-4-8(14-7)15-9(16)6-1-5(11)2-13-6;1-5(2)6(7)8(3)4;5-3-1-7-2-4(6)8-3;/h5-6,8-9H,4,7H2,1-3H3,(H,18,19,21);6-7H,4-5H2,1-3H3,(H,13,14);3-6,13H,1-2H2,(H,14,15,16);1-4H3;1-2H,(H2,6,8);1H/t8-,9+;6-,7+;5-,6+;;;/m111.../s1. The average molecular weight is 1260 g/mol. The third kappa shape index (κ3) is 24.8. The van der Waals surface area contributed by atoms with Crippen molar-refractivity contribution in [2.45, 2.75) is 122 Å². The molecule has 3 saturated heterocycles. The number of halogens is 8. The first-order valence-electron chi connectivity index (χ1n) is 21.5. The van der Waals surface area contributed by atoms with Gasteiger partial charge in [0.05, 0.1) is 56.3 Å². The molecule has 3 aromatic heterocycles. The van der Waals surface area contributed by atoms with Crippen molar-refractivity contribution >= 4 is 119 Å². The fraction of sp³-hybridized carbons (Fsp3) is 0.558. The van der Waals surface area contributed by atoms with Gasteiger partial charge in [0.2, 0.25) is 11.8 Å². The first kappa shape index (κ1) is 65.3. The van der Waals surface area contributed by atoms with Gasteiger partial charge in [-0.25, -0.2) is 42.5 Å². The summed E-state index contributed by atoms with van der Waals surface area (Å²) in [6.07, 6.45) is 3.79. The molecular weight excluding hydrogens is 1190 g/mol. The van der Waals surface area contributed by atoms with Crippen LogP contribution in [0, 0.1) is 0 Å². The largest absolute Gasteiger partial charge is 0.480 e. The molecule has 72 heavy (non-hydrogen) atoms. The summed E-state index contributed by atoms with van der Waals surface area (Å²) in [5.41, 5.74) is 4.97. The van der Waals surface area contributed by atoms with Crippen molar-refractivity contribution in [3.8, 4) is 0 Å². The van der Waals surface area contributed by atoms with Gasteiger partial charge in [-0.1, -0.05) is 11.6 Å². The van der Waals surface area contributed by atoms with E-state index in [4.69, 9.17) is 31.9 Å². The number of aromatic nitrogens is 6. The number of ether oxygens (including phenoxy) is 2. The second kappa shape index (κ2) is 30.5. The van der Waals surface area contributed by atoms with Crippen LogP contribution in [0.2, 0.25) is 0 Å². The number of rotatable bonds is 6. The van der Waals surface area contributed by atoms with E-state index in [1.54, 1.807) is 47.7 Å². The molecule has 6 rings (SSSR count). The highest BCUT2D eigenvalue weighted by molar-refractivity contribution is 9.11. The summed E-state index contributed by atoms with van der Waals surface area (Å²) in [4.78, 5) is 85.8. The molecule has 4 amide bonds. The minimum atomic E-state index is -1.30. The summed E-state index contributed by atoms with van der Waals surface area (Å²) in [6.45, 7) is 14.0. The third-order valence-corrected chi connectivity index (χ3v) is 10.7. The van der Waals surface area contributed by atoms with Crippen molar-refractivity contribution in [3.63, 3.8) is 0 Å². The van der Waals surface area contributed by atoms with Crippen molar-refractivity contribution in [2.75, 3.05) is 50.1 Å². The van der Waals surface area contributed by atoms with Crippen molar-refractivity contribution < 1.29 is 51.7 Å². The van der Waals surface area contributed by atoms with Crippen LogP contribution >= 0.6 is 71.8 Å². The van der Waals surface area contributed by atoms with Gasteiger partial charge in [-0.15, -0.1) is 12.4 Å². The number of allylic oxidation sites excluding steroid dienone is 1. The molecule has 6 heterocycles. The Balaban J connectivity index is 0.000000473. The second-order valence-electron chi connectivity index (χ2n) is 18.0. The zero-order valence-electron chi connectivity index (χ0n) is 41.1. The lowest BCUT2D eigenvalue weighted by molar-refractivity contribution is -0.142. The van der Waals surface area contributed by atoms with Gasteiger partial charge >= 0.3 is 18.2 Å². The summed E-state index contributed by atoms with van der Waals surface area (Å²) >= 11 is 15.2. The van der Waals surface area contributed by atoms with Crippen LogP contribution in [0.25, 0.3) is 0 Å². The Kier molecular flexibility index (Phi) is 27.7. The van der Waals surface area contributed by atoms with Crippen LogP contribution < -0.4 is 21.7 Å². The lowest BCUT2D eigenvalue weighted by atomic mass is 10.2. The summed E-state index contributed by atoms with van der Waals surface area (Å²) in [7, 11) is 3.85. The van der Waals surface area contributed by atoms with Crippen LogP contribution in [0.4, 0.5) is 40.2 Å². The fourth-order valence-electron chi connectivity index (χ4n) is 6.02. The molecule has 3 aliphatic heterocycles. The van der Waals surface area contributed by atoms with Crippen molar-refractivity contribution in [1.29, 1.82) is 0 Å². The van der Waals surface area contributed by atoms with Crippen molar-refractivity contribution in [1.82, 2.24) is 49.9 Å². The Hall–Kier alpha value is -4.70. The Labute approximate surface area is 452 Å². The van der Waals surface area contributed by atoms with Crippen LogP contribution in [0.1, 0.15) is 74.7 Å². The Morgan fingerprint density at radius 2 is 1.14 bits per heavy atom. The maximum atomic E-state index is 13.7. The van der Waals surface area contributed by atoms with Crippen LogP contribution in [-0.4, -0.2) is 161 Å². The number of hydrogen-bond acceptors (Lipinski definition) is 16. The number of nitrogens with two attached hydrogens (primary N) is 1. The molecule has 6 atom stereocenters. The van der Waals surface area contributed by atoms with Gasteiger partial charge < -0.3 is 41.2 Å². The van der Waals surface area contributed by atoms with Crippen molar-refractivity contribution in [3.05, 3.63) is 61.7 Å². The van der Waals surface area contributed by atoms with Gasteiger partial charge in [-0.3, -0.25) is 34.3 Å². The molecule has 0 radical (unpaired) electrons. The highest BCUT2D eigenvalue weighted by atomic mass is 79.9. The van der Waals surface area contributed by atoms with E-state index in [1.807, 2.05) is 32.8 Å². The maximum Gasteiger partial charge on any atom is 0.411 e. The van der Waals surface area contributed by atoms with Crippen LogP contribution in [0.15, 0.2) is 61.7 Å². The van der Waals surface area contributed by atoms with Crippen LogP contribution in [-0.2, 0) is 23.9 Å². The molecule has 0 aliphatic carbocycles. The lowest BCUT2D eigenvalue weighted by Gasteiger charge is -2.27. The first-order valence-corrected chi connectivity index (χ1v) is 24.3. The molecule has 0 spiro atoms. The number of anilines is 3. The maximum absolute atomic E-state index is 13.7. The van der Waals surface area contributed by atoms with Gasteiger partial charge in [-0.05, 0) is 109 Å². The summed E-state index contributed by atoms with van der Waals surface area (Å²) < 4.78 is 51.5. The number of carbonyl (C=O) groups excluding carboxylic acids is 4. The summed E-state index contributed by atoms with van der Waals surface area (Å²) in [5.74, 6) is -1.01. The number of aliphatic carboxylic acids is 1. The third-order valence-electron chi connectivity index (χ3n) is 8.88. The number of carbonyl (C=O) groups is 5. The Morgan fingerprint density at radius 1 is 0.722 bits per heavy atom. The summed E-state index contributed by atoms with van der Waals surface area (Å²) in [6, 6.07) is -2.55. The van der Waals surface area contributed by atoms with E-state index >= 15 is 0 Å². The number of alkyl halides is 3. The number of likely N-dealkylation sites (tertiary alicyclic amines) is 2. The van der Waals surface area contributed by atoms with E-state index < -0.39 is 71.9 Å². The molecule has 3 aliphatic rings. The molecular formula is C43H61Br3Cl2F3N13O8. The number of carboxylic acid groups (broad SMARTS) is 1. The molecule has 6 N–H and O–H groups in total. The number of carboxylic acids is 1. The van der Waals surface area contributed by atoms with E-state index in [9.17, 15) is 37.1 Å². The van der Waals surface area contributed by atoms with Crippen molar-refractivity contribution in [2.24, 2.45) is 0 Å². The molecule has 3 aromatic rings. The molecule has 0 unspecified atom stereocenters. The minimum absolute atomic E-state index is 0. The summed E-state index contributed by atoms with van der Waals surface area (Å²) in [5, 5.41) is 17.6. The fourth-order valence-corrected chi connectivity index (χ4v) is 6.96. The topological polar surface area (TPSA) is 273 Å². The van der Waals surface area contributed by atoms with Crippen LogP contribution in [0.3, 0.4) is 0 Å². The number of nitrogen functional groups attached to an aromatic ring is 1. The number of nitrogens with zero attached hydrogens (tertiary/aromatic N) is 9. The van der Waals surface area contributed by atoms with E-state index in [0.717, 1.165) is 20.5 Å². The zero-order chi connectivity index (χ0) is 54.0. The van der Waals surface area contributed by atoms with E-state index in [2.05, 4.69) is 93.6 Å². The predicted molar refractivity (Wildman–Crippen MR) is 277 cm³/mol. The van der Waals surface area contributed by atoms with Gasteiger partial charge in [-0.2, -0.15) is 0 Å². The molecule has 0 saturated carbocycles. The quantitative estimate of drug-likeness (QED) is 0.146. The first-order chi connectivity index (χ1) is 32.8.